The molecule has 2 aliphatic rings. The van der Waals surface area contributed by atoms with Crippen molar-refractivity contribution in [3.05, 3.63) is 41.5 Å². The molecule has 0 radical (unpaired) electrons. The van der Waals surface area contributed by atoms with E-state index in [-0.39, 0.29) is 11.8 Å². The number of carbonyl (C=O) groups excluding carboxylic acids is 1. The lowest BCUT2D eigenvalue weighted by Crippen LogP contribution is -2.37. The molecule has 4 rings (SSSR count). The summed E-state index contributed by atoms with van der Waals surface area (Å²) < 4.78 is 16.6. The first-order chi connectivity index (χ1) is 16.9. The number of fused-ring (bicyclic) bond motifs is 1. The van der Waals surface area contributed by atoms with Gasteiger partial charge < -0.3 is 29.7 Å². The van der Waals surface area contributed by atoms with Gasteiger partial charge >= 0.3 is 0 Å². The maximum atomic E-state index is 13.2. The number of nitrogens with zero attached hydrogens (tertiary/aromatic N) is 1. The molecular weight excluding hydrogens is 442 g/mol. The summed E-state index contributed by atoms with van der Waals surface area (Å²) in [6.45, 7) is 7.26. The summed E-state index contributed by atoms with van der Waals surface area (Å²) in [7, 11) is 4.99. The van der Waals surface area contributed by atoms with Crippen LogP contribution in [-0.4, -0.2) is 57.8 Å². The molecule has 2 heterocycles. The van der Waals surface area contributed by atoms with E-state index in [2.05, 4.69) is 35.4 Å². The highest BCUT2D eigenvalue weighted by molar-refractivity contribution is 5.93. The molecular formula is C28H39N3O4. The maximum Gasteiger partial charge on any atom is 0.229 e. The summed E-state index contributed by atoms with van der Waals surface area (Å²) in [4.78, 5) is 15.8. The minimum atomic E-state index is -0.140. The number of rotatable bonds is 7. The molecule has 190 valence electrons. The normalized spacial score (nSPS) is 18.9. The van der Waals surface area contributed by atoms with E-state index in [1.165, 1.54) is 5.56 Å². The van der Waals surface area contributed by atoms with E-state index in [9.17, 15) is 4.79 Å². The quantitative estimate of drug-likeness (QED) is 0.585. The number of hydrogen-bond acceptors (Lipinski definition) is 6. The van der Waals surface area contributed by atoms with Gasteiger partial charge in [-0.05, 0) is 93.9 Å². The molecule has 2 N–H and O–H groups in total. The van der Waals surface area contributed by atoms with Gasteiger partial charge in [0.15, 0.2) is 11.5 Å². The van der Waals surface area contributed by atoms with Gasteiger partial charge in [0, 0.05) is 30.0 Å². The van der Waals surface area contributed by atoms with E-state index in [0.29, 0.717) is 30.0 Å². The number of benzene rings is 2. The highest BCUT2D eigenvalue weighted by Crippen LogP contribution is 2.38. The summed E-state index contributed by atoms with van der Waals surface area (Å²) in [6.07, 6.45) is 3.76. The van der Waals surface area contributed by atoms with Crippen LogP contribution in [0.2, 0.25) is 0 Å². The molecule has 1 amide bonds. The van der Waals surface area contributed by atoms with Crippen molar-refractivity contribution in [1.82, 2.24) is 4.90 Å². The average Bonchev–Trinajstić information content (AvgIpc) is 3.10. The van der Waals surface area contributed by atoms with Gasteiger partial charge in [-0.1, -0.05) is 0 Å². The zero-order valence-corrected chi connectivity index (χ0v) is 21.6. The Hall–Kier alpha value is -2.93. The van der Waals surface area contributed by atoms with Crippen molar-refractivity contribution in [2.75, 3.05) is 51.6 Å². The lowest BCUT2D eigenvalue weighted by molar-refractivity contribution is -0.119. The Labute approximate surface area is 209 Å². The number of ether oxygens (including phenoxy) is 3. The van der Waals surface area contributed by atoms with Crippen LogP contribution in [0.5, 0.6) is 17.2 Å². The number of likely N-dealkylation sites (tertiary alicyclic amines) is 1. The van der Waals surface area contributed by atoms with Gasteiger partial charge in [0.25, 0.3) is 0 Å². The maximum absolute atomic E-state index is 13.2. The van der Waals surface area contributed by atoms with Crippen LogP contribution < -0.4 is 24.8 Å². The Balaban J connectivity index is 1.44. The third-order valence-electron chi connectivity index (χ3n) is 7.48. The minimum absolute atomic E-state index is 0.0370. The second-order valence-corrected chi connectivity index (χ2v) is 9.83. The first-order valence-electron chi connectivity index (χ1n) is 12.6. The van der Waals surface area contributed by atoms with Crippen molar-refractivity contribution in [1.29, 1.82) is 0 Å². The number of nitrogens with one attached hydrogen (secondary N) is 2. The number of aryl methyl sites for hydroxylation is 1. The number of piperidine rings is 1. The predicted molar refractivity (Wildman–Crippen MR) is 140 cm³/mol. The summed E-state index contributed by atoms with van der Waals surface area (Å²) in [5.74, 6) is 2.64. The SMILES string of the molecule is COc1cc2c(cc1OC)NCC(C(=O)Nc1ccc(OC)c(C3CCN(C(C)C)CC3)c1)CC2. The van der Waals surface area contributed by atoms with Crippen LogP contribution in [0.1, 0.15) is 50.2 Å². The largest absolute Gasteiger partial charge is 0.496 e. The van der Waals surface area contributed by atoms with E-state index in [1.807, 2.05) is 24.3 Å². The third-order valence-corrected chi connectivity index (χ3v) is 7.48. The minimum Gasteiger partial charge on any atom is -0.496 e. The van der Waals surface area contributed by atoms with Crippen molar-refractivity contribution in [2.45, 2.75) is 51.5 Å². The van der Waals surface area contributed by atoms with E-state index in [0.717, 1.165) is 61.5 Å². The molecule has 0 aliphatic carbocycles. The second-order valence-electron chi connectivity index (χ2n) is 9.83. The smallest absolute Gasteiger partial charge is 0.229 e. The van der Waals surface area contributed by atoms with Crippen LogP contribution in [0.25, 0.3) is 0 Å². The van der Waals surface area contributed by atoms with Crippen molar-refractivity contribution >= 4 is 17.3 Å². The molecule has 35 heavy (non-hydrogen) atoms. The molecule has 0 aromatic heterocycles. The van der Waals surface area contributed by atoms with Gasteiger partial charge in [0.05, 0.1) is 27.2 Å². The van der Waals surface area contributed by atoms with Gasteiger partial charge in [-0.25, -0.2) is 0 Å². The highest BCUT2D eigenvalue weighted by atomic mass is 16.5. The first-order valence-corrected chi connectivity index (χ1v) is 12.6. The number of hydrogen-bond donors (Lipinski definition) is 2. The fourth-order valence-electron chi connectivity index (χ4n) is 5.28. The zero-order valence-electron chi connectivity index (χ0n) is 21.6. The van der Waals surface area contributed by atoms with Crippen LogP contribution >= 0.6 is 0 Å². The number of carbonyl (C=O) groups is 1. The van der Waals surface area contributed by atoms with Crippen LogP contribution in [0.15, 0.2) is 30.3 Å². The Bertz CT molecular complexity index is 996. The van der Waals surface area contributed by atoms with Crippen LogP contribution in [0.3, 0.4) is 0 Å². The van der Waals surface area contributed by atoms with Crippen LogP contribution in [0.4, 0.5) is 11.4 Å². The van der Waals surface area contributed by atoms with E-state index in [1.54, 1.807) is 21.3 Å². The summed E-state index contributed by atoms with van der Waals surface area (Å²) in [5.41, 5.74) is 4.16. The molecule has 1 atom stereocenters. The highest BCUT2D eigenvalue weighted by Gasteiger charge is 2.26. The summed E-state index contributed by atoms with van der Waals surface area (Å²) >= 11 is 0. The fourth-order valence-corrected chi connectivity index (χ4v) is 5.28. The van der Waals surface area contributed by atoms with E-state index >= 15 is 0 Å². The molecule has 7 heteroatoms. The van der Waals surface area contributed by atoms with E-state index in [4.69, 9.17) is 14.2 Å². The standard InChI is InChI=1S/C28H39N3O4/c1-18(2)31-12-10-19(11-13-31)23-15-22(8-9-25(23)33-3)30-28(32)21-7-6-20-14-26(34-4)27(35-5)16-24(20)29-17-21/h8-9,14-16,18-19,21,29H,6-7,10-13,17H2,1-5H3,(H,30,32). The molecule has 0 bridgehead atoms. The molecule has 1 saturated heterocycles. The van der Waals surface area contributed by atoms with Gasteiger partial charge in [-0.15, -0.1) is 0 Å². The molecule has 2 aromatic carbocycles. The Morgan fingerprint density at radius 3 is 2.31 bits per heavy atom. The van der Waals surface area contributed by atoms with Gasteiger partial charge in [0.2, 0.25) is 5.91 Å². The Kier molecular flexibility index (Phi) is 8.06. The number of amides is 1. The van der Waals surface area contributed by atoms with Crippen molar-refractivity contribution in [3.8, 4) is 17.2 Å². The molecule has 0 saturated carbocycles. The average molecular weight is 482 g/mol. The van der Waals surface area contributed by atoms with E-state index < -0.39 is 0 Å². The number of anilines is 2. The lowest BCUT2D eigenvalue weighted by atomic mass is 9.88. The molecule has 2 aliphatic heterocycles. The Morgan fingerprint density at radius 2 is 1.66 bits per heavy atom. The predicted octanol–water partition coefficient (Wildman–Crippen LogP) is 4.91. The molecule has 0 spiro atoms. The van der Waals surface area contributed by atoms with Crippen LogP contribution in [-0.2, 0) is 11.2 Å². The Morgan fingerprint density at radius 1 is 0.971 bits per heavy atom. The van der Waals surface area contributed by atoms with Gasteiger partial charge in [-0.3, -0.25) is 4.79 Å². The van der Waals surface area contributed by atoms with Crippen molar-refractivity contribution in [3.63, 3.8) is 0 Å². The monoisotopic (exact) mass is 481 g/mol. The third kappa shape index (κ3) is 5.67. The lowest BCUT2D eigenvalue weighted by Gasteiger charge is -2.35. The van der Waals surface area contributed by atoms with Gasteiger partial charge in [-0.2, -0.15) is 0 Å². The molecule has 1 fully saturated rings. The summed E-state index contributed by atoms with van der Waals surface area (Å²) in [5, 5.41) is 6.62. The molecule has 7 nitrogen and oxygen atoms in total. The molecule has 2 aromatic rings. The van der Waals surface area contributed by atoms with Gasteiger partial charge in [0.1, 0.15) is 5.75 Å². The van der Waals surface area contributed by atoms with Crippen molar-refractivity contribution < 1.29 is 19.0 Å². The fraction of sp³-hybridized carbons (Fsp3) is 0.536. The first kappa shape index (κ1) is 25.2. The number of methoxy groups -OCH3 is 3. The topological polar surface area (TPSA) is 72.1 Å². The molecule has 1 unspecified atom stereocenters. The van der Waals surface area contributed by atoms with Crippen molar-refractivity contribution in [2.24, 2.45) is 5.92 Å². The summed E-state index contributed by atoms with van der Waals surface area (Å²) in [6, 6.07) is 10.6. The zero-order chi connectivity index (χ0) is 24.9. The second kappa shape index (κ2) is 11.2. The van der Waals surface area contributed by atoms with Crippen LogP contribution in [0, 0.1) is 5.92 Å².